The van der Waals surface area contributed by atoms with Gasteiger partial charge in [0.05, 0.1) is 6.54 Å². The zero-order chi connectivity index (χ0) is 16.1. The molecule has 1 N–H and O–H groups in total. The molecular formula is C17H25N3O2. The van der Waals surface area contributed by atoms with Crippen LogP contribution in [0.5, 0.6) is 0 Å². The highest BCUT2D eigenvalue weighted by Crippen LogP contribution is 2.15. The summed E-state index contributed by atoms with van der Waals surface area (Å²) in [6.07, 6.45) is 2.41. The fourth-order valence-corrected chi connectivity index (χ4v) is 2.79. The van der Waals surface area contributed by atoms with E-state index in [0.717, 1.165) is 25.2 Å². The van der Waals surface area contributed by atoms with Gasteiger partial charge in [0, 0.05) is 31.9 Å². The van der Waals surface area contributed by atoms with Crippen LogP contribution in [0.3, 0.4) is 0 Å². The number of hydrogen-bond donors (Lipinski definition) is 1. The summed E-state index contributed by atoms with van der Waals surface area (Å²) < 4.78 is 0. The Morgan fingerprint density at radius 3 is 2.55 bits per heavy atom. The van der Waals surface area contributed by atoms with Crippen molar-refractivity contribution in [1.29, 1.82) is 0 Å². The number of rotatable bonds is 4. The van der Waals surface area contributed by atoms with Crippen LogP contribution in [-0.2, 0) is 4.79 Å². The van der Waals surface area contributed by atoms with Gasteiger partial charge in [0.15, 0.2) is 0 Å². The SMILES string of the molecule is CC1CCCN(CC(=O)Nc2ccc(C(=O)N(C)C)cc2)C1. The smallest absolute Gasteiger partial charge is 0.253 e. The van der Waals surface area contributed by atoms with Gasteiger partial charge < -0.3 is 10.2 Å². The number of carbonyl (C=O) groups excluding carboxylic acids is 2. The van der Waals surface area contributed by atoms with Crippen LogP contribution < -0.4 is 5.32 Å². The molecule has 1 aromatic carbocycles. The van der Waals surface area contributed by atoms with Crippen LogP contribution in [0, 0.1) is 5.92 Å². The topological polar surface area (TPSA) is 52.7 Å². The van der Waals surface area contributed by atoms with Crippen LogP contribution in [0.2, 0.25) is 0 Å². The lowest BCUT2D eigenvalue weighted by molar-refractivity contribution is -0.117. The summed E-state index contributed by atoms with van der Waals surface area (Å²) in [5, 5.41) is 2.89. The molecule has 1 atom stereocenters. The molecule has 2 amide bonds. The number of nitrogens with zero attached hydrogens (tertiary/aromatic N) is 2. The van der Waals surface area contributed by atoms with Crippen LogP contribution in [0.15, 0.2) is 24.3 Å². The van der Waals surface area contributed by atoms with E-state index >= 15 is 0 Å². The van der Waals surface area contributed by atoms with Gasteiger partial charge in [-0.25, -0.2) is 0 Å². The first-order valence-electron chi connectivity index (χ1n) is 7.79. The van der Waals surface area contributed by atoms with Gasteiger partial charge in [-0.1, -0.05) is 6.92 Å². The van der Waals surface area contributed by atoms with E-state index in [9.17, 15) is 9.59 Å². The molecule has 0 saturated carbocycles. The van der Waals surface area contributed by atoms with E-state index in [1.807, 2.05) is 0 Å². The van der Waals surface area contributed by atoms with Crippen molar-refractivity contribution >= 4 is 17.5 Å². The number of piperidine rings is 1. The third-order valence-electron chi connectivity index (χ3n) is 3.93. The summed E-state index contributed by atoms with van der Waals surface area (Å²) in [6, 6.07) is 7.02. The second-order valence-corrected chi connectivity index (χ2v) is 6.31. The Morgan fingerprint density at radius 2 is 1.95 bits per heavy atom. The average Bonchev–Trinajstić information content (AvgIpc) is 2.47. The zero-order valence-corrected chi connectivity index (χ0v) is 13.6. The lowest BCUT2D eigenvalue weighted by Gasteiger charge is -2.30. The number of carbonyl (C=O) groups is 2. The van der Waals surface area contributed by atoms with Crippen molar-refractivity contribution in [2.24, 2.45) is 5.92 Å². The Balaban J connectivity index is 1.87. The van der Waals surface area contributed by atoms with Gasteiger partial charge in [-0.05, 0) is 49.6 Å². The fourth-order valence-electron chi connectivity index (χ4n) is 2.79. The number of benzene rings is 1. The molecule has 5 heteroatoms. The molecule has 0 aliphatic carbocycles. The molecule has 0 aromatic heterocycles. The van der Waals surface area contributed by atoms with E-state index in [4.69, 9.17) is 0 Å². The van der Waals surface area contributed by atoms with Crippen molar-refractivity contribution in [3.8, 4) is 0 Å². The van der Waals surface area contributed by atoms with Crippen molar-refractivity contribution in [2.75, 3.05) is 39.0 Å². The quantitative estimate of drug-likeness (QED) is 0.926. The maximum atomic E-state index is 12.1. The lowest BCUT2D eigenvalue weighted by Crippen LogP contribution is -2.39. The average molecular weight is 303 g/mol. The molecule has 1 saturated heterocycles. The number of amides is 2. The normalized spacial score (nSPS) is 18.8. The first kappa shape index (κ1) is 16.5. The molecule has 1 unspecified atom stereocenters. The summed E-state index contributed by atoms with van der Waals surface area (Å²) in [5.41, 5.74) is 1.35. The van der Waals surface area contributed by atoms with E-state index in [1.165, 1.54) is 11.3 Å². The van der Waals surface area contributed by atoms with Crippen LogP contribution in [-0.4, -0.2) is 55.3 Å². The Hall–Kier alpha value is -1.88. The van der Waals surface area contributed by atoms with E-state index in [1.54, 1.807) is 38.4 Å². The van der Waals surface area contributed by atoms with Crippen LogP contribution >= 0.6 is 0 Å². The minimum atomic E-state index is -0.0415. The van der Waals surface area contributed by atoms with Gasteiger partial charge >= 0.3 is 0 Å². The largest absolute Gasteiger partial charge is 0.345 e. The van der Waals surface area contributed by atoms with E-state index in [-0.39, 0.29) is 11.8 Å². The highest BCUT2D eigenvalue weighted by atomic mass is 16.2. The van der Waals surface area contributed by atoms with Crippen molar-refractivity contribution in [2.45, 2.75) is 19.8 Å². The molecule has 1 aliphatic heterocycles. The molecule has 0 bridgehead atoms. The zero-order valence-electron chi connectivity index (χ0n) is 13.6. The monoisotopic (exact) mass is 303 g/mol. The van der Waals surface area contributed by atoms with Gasteiger partial charge in [-0.2, -0.15) is 0 Å². The van der Waals surface area contributed by atoms with Gasteiger partial charge in [0.25, 0.3) is 5.91 Å². The molecule has 0 radical (unpaired) electrons. The predicted molar refractivity (Wildman–Crippen MR) is 87.9 cm³/mol. The van der Waals surface area contributed by atoms with Crippen molar-refractivity contribution in [3.05, 3.63) is 29.8 Å². The Kier molecular flexibility index (Phi) is 5.55. The molecule has 5 nitrogen and oxygen atoms in total. The predicted octanol–water partition coefficient (Wildman–Crippen LogP) is 2.06. The van der Waals surface area contributed by atoms with E-state index in [0.29, 0.717) is 18.0 Å². The standard InChI is InChI=1S/C17H25N3O2/c1-13-5-4-10-20(11-13)12-16(21)18-15-8-6-14(7-9-15)17(22)19(2)3/h6-9,13H,4-5,10-12H2,1-3H3,(H,18,21). The van der Waals surface area contributed by atoms with E-state index in [2.05, 4.69) is 17.1 Å². The van der Waals surface area contributed by atoms with Crippen LogP contribution in [0.1, 0.15) is 30.1 Å². The Labute approximate surface area is 132 Å². The number of anilines is 1. The molecule has 1 aromatic rings. The second kappa shape index (κ2) is 7.40. The number of hydrogen-bond acceptors (Lipinski definition) is 3. The molecule has 120 valence electrons. The maximum Gasteiger partial charge on any atom is 0.253 e. The van der Waals surface area contributed by atoms with Gasteiger partial charge in [-0.15, -0.1) is 0 Å². The highest BCUT2D eigenvalue weighted by molar-refractivity contribution is 5.96. The fraction of sp³-hybridized carbons (Fsp3) is 0.529. The summed E-state index contributed by atoms with van der Waals surface area (Å²) in [7, 11) is 3.44. The van der Waals surface area contributed by atoms with Crippen molar-refractivity contribution in [3.63, 3.8) is 0 Å². The molecule has 1 heterocycles. The molecule has 0 spiro atoms. The Morgan fingerprint density at radius 1 is 1.27 bits per heavy atom. The third kappa shape index (κ3) is 4.56. The summed E-state index contributed by atoms with van der Waals surface area (Å²) in [6.45, 7) is 4.64. The second-order valence-electron chi connectivity index (χ2n) is 6.31. The van der Waals surface area contributed by atoms with Gasteiger partial charge in [-0.3, -0.25) is 14.5 Å². The van der Waals surface area contributed by atoms with Crippen LogP contribution in [0.4, 0.5) is 5.69 Å². The highest BCUT2D eigenvalue weighted by Gasteiger charge is 2.18. The van der Waals surface area contributed by atoms with E-state index < -0.39 is 0 Å². The maximum absolute atomic E-state index is 12.1. The summed E-state index contributed by atoms with van der Waals surface area (Å²) >= 11 is 0. The first-order valence-corrected chi connectivity index (χ1v) is 7.79. The molecule has 1 fully saturated rings. The van der Waals surface area contributed by atoms with Crippen molar-refractivity contribution in [1.82, 2.24) is 9.80 Å². The molecule has 22 heavy (non-hydrogen) atoms. The summed E-state index contributed by atoms with van der Waals surface area (Å²) in [5.74, 6) is 0.624. The number of nitrogens with one attached hydrogen (secondary N) is 1. The minimum Gasteiger partial charge on any atom is -0.345 e. The first-order chi connectivity index (χ1) is 10.5. The van der Waals surface area contributed by atoms with Crippen molar-refractivity contribution < 1.29 is 9.59 Å². The summed E-state index contributed by atoms with van der Waals surface area (Å²) in [4.78, 5) is 27.6. The third-order valence-corrected chi connectivity index (χ3v) is 3.93. The molecular weight excluding hydrogens is 278 g/mol. The molecule has 1 aliphatic rings. The Bertz CT molecular complexity index is 525. The molecule has 2 rings (SSSR count). The minimum absolute atomic E-state index is 0.000728. The van der Waals surface area contributed by atoms with Gasteiger partial charge in [0.2, 0.25) is 5.91 Å². The lowest BCUT2D eigenvalue weighted by atomic mass is 10.0. The van der Waals surface area contributed by atoms with Crippen LogP contribution in [0.25, 0.3) is 0 Å². The number of likely N-dealkylation sites (tertiary alicyclic amines) is 1. The van der Waals surface area contributed by atoms with Gasteiger partial charge in [0.1, 0.15) is 0 Å².